The molecule has 5 heteroatoms. The van der Waals surface area contributed by atoms with E-state index in [0.29, 0.717) is 11.4 Å². The summed E-state index contributed by atoms with van der Waals surface area (Å²) in [6.07, 6.45) is 2.59. The molecule has 0 aromatic heterocycles. The van der Waals surface area contributed by atoms with Crippen molar-refractivity contribution in [2.45, 2.75) is 19.4 Å². The van der Waals surface area contributed by atoms with Gasteiger partial charge in [-0.25, -0.2) is 4.79 Å². The fourth-order valence-electron chi connectivity index (χ4n) is 4.18. The highest BCUT2D eigenvalue weighted by Crippen LogP contribution is 2.32. The lowest BCUT2D eigenvalue weighted by molar-refractivity contribution is 0.0698. The van der Waals surface area contributed by atoms with Crippen LogP contribution in [0.3, 0.4) is 0 Å². The number of aromatic carboxylic acids is 1. The number of carbonyl (C=O) groups is 1. The third-order valence-corrected chi connectivity index (χ3v) is 5.73. The van der Waals surface area contributed by atoms with Crippen molar-refractivity contribution in [2.75, 3.05) is 31.2 Å². The molecule has 0 saturated carbocycles. The highest BCUT2D eigenvalue weighted by molar-refractivity contribution is 5.99. The number of hydrogen-bond acceptors (Lipinski definition) is 4. The maximum Gasteiger partial charge on any atom is 0.337 e. The summed E-state index contributed by atoms with van der Waals surface area (Å²) in [7, 11) is 1.67. The van der Waals surface area contributed by atoms with E-state index in [1.807, 2.05) is 18.2 Å². The van der Waals surface area contributed by atoms with Crippen molar-refractivity contribution < 1.29 is 9.90 Å². The predicted octanol–water partition coefficient (Wildman–Crippen LogP) is 4.94. The van der Waals surface area contributed by atoms with Gasteiger partial charge in [0.15, 0.2) is 0 Å². The van der Waals surface area contributed by atoms with E-state index in [-0.39, 0.29) is 5.56 Å². The first-order valence-electron chi connectivity index (χ1n) is 10.3. The van der Waals surface area contributed by atoms with Crippen molar-refractivity contribution in [3.63, 3.8) is 0 Å². The second kappa shape index (κ2) is 8.59. The molecule has 0 bridgehead atoms. The van der Waals surface area contributed by atoms with E-state index in [1.165, 1.54) is 37.1 Å². The molecule has 1 saturated heterocycles. The standard InChI is InChI=1S/C25H27N3O2/c1-27-24-22(25(29)30)14-21(15-23(24)26)19-9-7-18(8-10-19)20-6-4-5-17(13-20)16-28-11-2-3-12-28/h4-10,13-15,27H,2-3,11-12,16,26H2,1H3,(H,29,30). The molecule has 1 heterocycles. The van der Waals surface area contributed by atoms with Gasteiger partial charge in [-0.05, 0) is 71.9 Å². The van der Waals surface area contributed by atoms with E-state index in [9.17, 15) is 9.90 Å². The second-order valence-electron chi connectivity index (χ2n) is 7.80. The molecule has 0 spiro atoms. The molecule has 4 rings (SSSR count). The van der Waals surface area contributed by atoms with Crippen LogP contribution < -0.4 is 11.1 Å². The van der Waals surface area contributed by atoms with Gasteiger partial charge in [0.2, 0.25) is 0 Å². The van der Waals surface area contributed by atoms with E-state index < -0.39 is 5.97 Å². The van der Waals surface area contributed by atoms with Gasteiger partial charge in [-0.15, -0.1) is 0 Å². The Labute approximate surface area is 177 Å². The van der Waals surface area contributed by atoms with Crippen molar-refractivity contribution >= 4 is 17.3 Å². The summed E-state index contributed by atoms with van der Waals surface area (Å²) in [6, 6.07) is 20.4. The molecular formula is C25H27N3O2. The fourth-order valence-corrected chi connectivity index (χ4v) is 4.18. The van der Waals surface area contributed by atoms with Gasteiger partial charge in [0, 0.05) is 13.6 Å². The molecule has 3 aromatic rings. The smallest absolute Gasteiger partial charge is 0.337 e. The molecule has 3 aromatic carbocycles. The quantitative estimate of drug-likeness (QED) is 0.510. The van der Waals surface area contributed by atoms with Crippen LogP contribution in [0.25, 0.3) is 22.3 Å². The van der Waals surface area contributed by atoms with E-state index in [0.717, 1.165) is 23.2 Å². The Hall–Kier alpha value is -3.31. The Morgan fingerprint density at radius 1 is 0.967 bits per heavy atom. The van der Waals surface area contributed by atoms with Gasteiger partial charge in [0.1, 0.15) is 0 Å². The van der Waals surface area contributed by atoms with Gasteiger partial charge in [-0.3, -0.25) is 4.90 Å². The minimum absolute atomic E-state index is 0.172. The van der Waals surface area contributed by atoms with Crippen molar-refractivity contribution in [2.24, 2.45) is 0 Å². The number of anilines is 2. The Kier molecular flexibility index (Phi) is 5.72. The van der Waals surface area contributed by atoms with Crippen LogP contribution in [0.4, 0.5) is 11.4 Å². The van der Waals surface area contributed by atoms with Gasteiger partial charge < -0.3 is 16.2 Å². The second-order valence-corrected chi connectivity index (χ2v) is 7.80. The first-order chi connectivity index (χ1) is 14.5. The molecular weight excluding hydrogens is 374 g/mol. The van der Waals surface area contributed by atoms with Crippen LogP contribution in [0, 0.1) is 0 Å². The monoisotopic (exact) mass is 401 g/mol. The number of likely N-dealkylation sites (tertiary alicyclic amines) is 1. The lowest BCUT2D eigenvalue weighted by Crippen LogP contribution is -2.18. The number of nitrogens with zero attached hydrogens (tertiary/aromatic N) is 1. The molecule has 1 aliphatic heterocycles. The van der Waals surface area contributed by atoms with E-state index in [1.54, 1.807) is 13.1 Å². The molecule has 30 heavy (non-hydrogen) atoms. The van der Waals surface area contributed by atoms with Crippen LogP contribution in [-0.4, -0.2) is 36.1 Å². The van der Waals surface area contributed by atoms with Crippen LogP contribution in [-0.2, 0) is 6.54 Å². The zero-order chi connectivity index (χ0) is 21.1. The van der Waals surface area contributed by atoms with Crippen molar-refractivity contribution in [1.82, 2.24) is 4.90 Å². The number of nitrogens with one attached hydrogen (secondary N) is 1. The number of nitrogen functional groups attached to an aromatic ring is 1. The van der Waals surface area contributed by atoms with Gasteiger partial charge in [-0.1, -0.05) is 42.5 Å². The number of nitrogens with two attached hydrogens (primary N) is 1. The van der Waals surface area contributed by atoms with Crippen molar-refractivity contribution in [3.8, 4) is 22.3 Å². The minimum atomic E-state index is -1.00. The highest BCUT2D eigenvalue weighted by atomic mass is 16.4. The zero-order valence-corrected chi connectivity index (χ0v) is 17.2. The summed E-state index contributed by atoms with van der Waals surface area (Å²) in [5.74, 6) is -1.00. The topological polar surface area (TPSA) is 78.6 Å². The minimum Gasteiger partial charge on any atom is -0.478 e. The molecule has 0 radical (unpaired) electrons. The average molecular weight is 402 g/mol. The van der Waals surface area contributed by atoms with Gasteiger partial charge in [0.05, 0.1) is 16.9 Å². The Balaban J connectivity index is 1.60. The SMILES string of the molecule is CNc1c(N)cc(-c2ccc(-c3cccc(CN4CCCC4)c3)cc2)cc1C(=O)O. The van der Waals surface area contributed by atoms with E-state index in [2.05, 4.69) is 46.6 Å². The van der Waals surface area contributed by atoms with Gasteiger partial charge in [0.25, 0.3) is 0 Å². The lowest BCUT2D eigenvalue weighted by atomic mass is 9.97. The van der Waals surface area contributed by atoms with Crippen molar-refractivity contribution in [3.05, 3.63) is 71.8 Å². The number of hydrogen-bond donors (Lipinski definition) is 3. The maximum atomic E-state index is 11.6. The highest BCUT2D eigenvalue weighted by Gasteiger charge is 2.15. The number of carboxylic acid groups (broad SMARTS) is 1. The molecule has 4 N–H and O–H groups in total. The van der Waals surface area contributed by atoms with Crippen LogP contribution in [0.15, 0.2) is 60.7 Å². The number of carboxylic acids is 1. The lowest BCUT2D eigenvalue weighted by Gasteiger charge is -2.15. The van der Waals surface area contributed by atoms with Crippen LogP contribution in [0.2, 0.25) is 0 Å². The fraction of sp³-hybridized carbons (Fsp3) is 0.240. The number of rotatable bonds is 6. The van der Waals surface area contributed by atoms with E-state index >= 15 is 0 Å². The van der Waals surface area contributed by atoms with Gasteiger partial charge >= 0.3 is 5.97 Å². The molecule has 1 aliphatic rings. The molecule has 0 amide bonds. The van der Waals surface area contributed by atoms with Crippen LogP contribution in [0.1, 0.15) is 28.8 Å². The third-order valence-electron chi connectivity index (χ3n) is 5.73. The molecule has 0 atom stereocenters. The molecule has 154 valence electrons. The Morgan fingerprint density at radius 2 is 1.63 bits per heavy atom. The number of benzene rings is 3. The summed E-state index contributed by atoms with van der Waals surface area (Å²) in [6.45, 7) is 3.38. The van der Waals surface area contributed by atoms with Gasteiger partial charge in [-0.2, -0.15) is 0 Å². The molecule has 1 fully saturated rings. The largest absolute Gasteiger partial charge is 0.478 e. The Morgan fingerprint density at radius 3 is 2.27 bits per heavy atom. The Bertz CT molecular complexity index is 1050. The summed E-state index contributed by atoms with van der Waals surface area (Å²) in [4.78, 5) is 14.1. The normalized spacial score (nSPS) is 14.0. The van der Waals surface area contributed by atoms with Crippen molar-refractivity contribution in [1.29, 1.82) is 0 Å². The molecule has 5 nitrogen and oxygen atoms in total. The molecule has 0 unspecified atom stereocenters. The average Bonchev–Trinajstić information content (AvgIpc) is 3.26. The summed E-state index contributed by atoms with van der Waals surface area (Å²) < 4.78 is 0. The zero-order valence-electron chi connectivity index (χ0n) is 17.2. The maximum absolute atomic E-state index is 11.6. The first-order valence-corrected chi connectivity index (χ1v) is 10.3. The van der Waals surface area contributed by atoms with E-state index in [4.69, 9.17) is 5.73 Å². The van der Waals surface area contributed by atoms with Crippen LogP contribution in [0.5, 0.6) is 0 Å². The summed E-state index contributed by atoms with van der Waals surface area (Å²) in [5, 5.41) is 12.4. The first kappa shape index (κ1) is 20.0. The predicted molar refractivity (Wildman–Crippen MR) is 123 cm³/mol. The third kappa shape index (κ3) is 4.16. The molecule has 0 aliphatic carbocycles. The van der Waals surface area contributed by atoms with Crippen LogP contribution >= 0.6 is 0 Å². The summed E-state index contributed by atoms with van der Waals surface area (Å²) in [5.41, 5.74) is 12.5. The summed E-state index contributed by atoms with van der Waals surface area (Å²) >= 11 is 0.